The monoisotopic (exact) mass is 756 g/mol. The standard InChI is InChI=1S/C52H42N2P2/c1-39-21-19-33-47(53-37-41-23-15-17-35-49(41)55(43-25-7-3-8-26-43)44-27-9-4-10-28-44)51(39)52-40(2)22-20-34-48(52)54-38-42-24-16-18-36-50(42)56(45-29-11-5-12-30-45)46-31-13-6-14-32-46/h3-38H,1-2H3. The molecular formula is C52H42N2P2. The Kier molecular flexibility index (Phi) is 11.6. The van der Waals surface area contributed by atoms with Crippen molar-refractivity contribution in [2.75, 3.05) is 0 Å². The van der Waals surface area contributed by atoms with Crippen molar-refractivity contribution in [1.82, 2.24) is 0 Å². The van der Waals surface area contributed by atoms with Gasteiger partial charge in [-0.3, -0.25) is 9.98 Å². The Morgan fingerprint density at radius 3 is 0.964 bits per heavy atom. The van der Waals surface area contributed by atoms with Gasteiger partial charge in [0.05, 0.1) is 11.4 Å². The lowest BCUT2D eigenvalue weighted by Gasteiger charge is -2.21. The molecule has 0 aliphatic heterocycles. The lowest BCUT2D eigenvalue weighted by atomic mass is 9.93. The van der Waals surface area contributed by atoms with E-state index in [0.29, 0.717) is 0 Å². The van der Waals surface area contributed by atoms with E-state index in [0.717, 1.165) is 44.8 Å². The van der Waals surface area contributed by atoms with Crippen LogP contribution in [0.2, 0.25) is 0 Å². The molecule has 0 N–H and O–H groups in total. The number of aliphatic imine (C=N–C) groups is 2. The number of hydrogen-bond donors (Lipinski definition) is 0. The Balaban J connectivity index is 1.19. The van der Waals surface area contributed by atoms with Gasteiger partial charge in [-0.1, -0.05) is 194 Å². The Hall–Kier alpha value is -6.04. The van der Waals surface area contributed by atoms with Gasteiger partial charge in [-0.25, -0.2) is 0 Å². The van der Waals surface area contributed by atoms with Crippen molar-refractivity contribution in [3.63, 3.8) is 0 Å². The first kappa shape index (κ1) is 36.9. The average molecular weight is 757 g/mol. The minimum Gasteiger partial charge on any atom is -0.256 e. The molecule has 0 unspecified atom stereocenters. The zero-order valence-electron chi connectivity index (χ0n) is 31.6. The first-order chi connectivity index (χ1) is 27.7. The van der Waals surface area contributed by atoms with Crippen LogP contribution in [-0.2, 0) is 0 Å². The van der Waals surface area contributed by atoms with Gasteiger partial charge >= 0.3 is 0 Å². The van der Waals surface area contributed by atoms with Crippen LogP contribution in [0.25, 0.3) is 11.1 Å². The first-order valence-electron chi connectivity index (χ1n) is 18.9. The fourth-order valence-corrected chi connectivity index (χ4v) is 12.1. The minimum atomic E-state index is -0.789. The summed E-state index contributed by atoms with van der Waals surface area (Å²) in [6, 6.07) is 73.6. The Morgan fingerprint density at radius 1 is 0.321 bits per heavy atom. The number of nitrogens with zero attached hydrogens (tertiary/aromatic N) is 2. The van der Waals surface area contributed by atoms with Crippen LogP contribution in [0.1, 0.15) is 22.3 Å². The highest BCUT2D eigenvalue weighted by molar-refractivity contribution is 7.80. The summed E-state index contributed by atoms with van der Waals surface area (Å²) < 4.78 is 0. The molecule has 4 heteroatoms. The van der Waals surface area contributed by atoms with E-state index >= 15 is 0 Å². The molecule has 8 rings (SSSR count). The largest absolute Gasteiger partial charge is 0.256 e. The highest BCUT2D eigenvalue weighted by Crippen LogP contribution is 2.42. The van der Waals surface area contributed by atoms with Gasteiger partial charge in [-0.2, -0.15) is 0 Å². The predicted molar refractivity (Wildman–Crippen MR) is 246 cm³/mol. The van der Waals surface area contributed by atoms with Crippen LogP contribution < -0.4 is 31.8 Å². The second-order valence-electron chi connectivity index (χ2n) is 13.6. The molecule has 0 spiro atoms. The highest BCUT2D eigenvalue weighted by Gasteiger charge is 2.21. The van der Waals surface area contributed by atoms with E-state index in [4.69, 9.17) is 9.98 Å². The fourth-order valence-electron chi connectivity index (χ4n) is 7.21. The summed E-state index contributed by atoms with van der Waals surface area (Å²) in [7, 11) is -1.58. The number of aryl methyl sites for hydroxylation is 2. The van der Waals surface area contributed by atoms with Gasteiger partial charge in [0.2, 0.25) is 0 Å². The van der Waals surface area contributed by atoms with Gasteiger partial charge in [0.25, 0.3) is 0 Å². The Labute approximate surface area is 333 Å². The predicted octanol–water partition coefficient (Wildman–Crippen LogP) is 11.0. The molecule has 270 valence electrons. The lowest BCUT2D eigenvalue weighted by molar-refractivity contribution is 1.37. The van der Waals surface area contributed by atoms with Gasteiger partial charge in [0.1, 0.15) is 0 Å². The zero-order valence-corrected chi connectivity index (χ0v) is 33.4. The van der Waals surface area contributed by atoms with Gasteiger partial charge in [-0.15, -0.1) is 0 Å². The summed E-state index contributed by atoms with van der Waals surface area (Å²) in [6.45, 7) is 4.35. The highest BCUT2D eigenvalue weighted by atomic mass is 31.1. The molecule has 0 saturated heterocycles. The third kappa shape index (κ3) is 8.14. The minimum absolute atomic E-state index is 0.789. The summed E-state index contributed by atoms with van der Waals surface area (Å²) in [5.74, 6) is 0. The Morgan fingerprint density at radius 2 is 0.625 bits per heavy atom. The normalized spacial score (nSPS) is 11.6. The van der Waals surface area contributed by atoms with Crippen molar-refractivity contribution in [2.24, 2.45) is 9.98 Å². The van der Waals surface area contributed by atoms with E-state index < -0.39 is 15.8 Å². The lowest BCUT2D eigenvalue weighted by Crippen LogP contribution is -2.23. The van der Waals surface area contributed by atoms with E-state index in [1.807, 2.05) is 0 Å². The molecular weight excluding hydrogens is 715 g/mol. The molecule has 0 atom stereocenters. The number of hydrogen-bond acceptors (Lipinski definition) is 2. The van der Waals surface area contributed by atoms with E-state index in [9.17, 15) is 0 Å². The molecule has 0 amide bonds. The van der Waals surface area contributed by atoms with Crippen LogP contribution in [0, 0.1) is 13.8 Å². The van der Waals surface area contributed by atoms with Crippen LogP contribution in [-0.4, -0.2) is 12.4 Å². The molecule has 0 heterocycles. The van der Waals surface area contributed by atoms with Gasteiger partial charge in [0, 0.05) is 34.7 Å². The van der Waals surface area contributed by atoms with Crippen molar-refractivity contribution in [3.8, 4) is 11.1 Å². The molecule has 0 bridgehead atoms. The van der Waals surface area contributed by atoms with Gasteiger partial charge in [-0.05, 0) is 84.8 Å². The summed E-state index contributed by atoms with van der Waals surface area (Å²) in [5.41, 5.74) is 8.60. The van der Waals surface area contributed by atoms with E-state index in [1.165, 1.54) is 31.8 Å². The second kappa shape index (κ2) is 17.6. The molecule has 8 aromatic rings. The summed E-state index contributed by atoms with van der Waals surface area (Å²) in [5, 5.41) is 7.82. The summed E-state index contributed by atoms with van der Waals surface area (Å²) in [4.78, 5) is 10.6. The van der Waals surface area contributed by atoms with Crippen LogP contribution in [0.15, 0.2) is 216 Å². The Bertz CT molecular complexity index is 2340. The van der Waals surface area contributed by atoms with E-state index in [2.05, 4.69) is 233 Å². The van der Waals surface area contributed by atoms with Crippen LogP contribution >= 0.6 is 15.8 Å². The first-order valence-corrected chi connectivity index (χ1v) is 21.6. The summed E-state index contributed by atoms with van der Waals surface area (Å²) in [6.07, 6.45) is 4.11. The van der Waals surface area contributed by atoms with Gasteiger partial charge in [0.15, 0.2) is 0 Å². The van der Waals surface area contributed by atoms with Crippen LogP contribution in [0.5, 0.6) is 0 Å². The quantitative estimate of drug-likeness (QED) is 0.0928. The van der Waals surface area contributed by atoms with Crippen molar-refractivity contribution >= 4 is 71.5 Å². The topological polar surface area (TPSA) is 24.7 Å². The number of rotatable bonds is 11. The van der Waals surface area contributed by atoms with Crippen molar-refractivity contribution in [1.29, 1.82) is 0 Å². The maximum absolute atomic E-state index is 5.29. The molecule has 0 aliphatic carbocycles. The molecule has 0 saturated carbocycles. The molecule has 2 nitrogen and oxygen atoms in total. The van der Waals surface area contributed by atoms with Crippen LogP contribution in [0.3, 0.4) is 0 Å². The maximum atomic E-state index is 5.29. The van der Waals surface area contributed by atoms with Crippen molar-refractivity contribution in [2.45, 2.75) is 13.8 Å². The van der Waals surface area contributed by atoms with E-state index in [1.54, 1.807) is 0 Å². The molecule has 0 radical (unpaired) electrons. The SMILES string of the molecule is Cc1cccc(N=Cc2ccccc2P(c2ccccc2)c2ccccc2)c1-c1c(C)cccc1N=Cc1ccccc1P(c1ccccc1)c1ccccc1. The second-order valence-corrected chi connectivity index (χ2v) is 18.0. The third-order valence-corrected chi connectivity index (χ3v) is 14.9. The fraction of sp³-hybridized carbons (Fsp3) is 0.0385. The van der Waals surface area contributed by atoms with Gasteiger partial charge < -0.3 is 0 Å². The molecule has 56 heavy (non-hydrogen) atoms. The molecule has 0 fully saturated rings. The smallest absolute Gasteiger partial charge is 0.0711 e. The number of benzene rings is 8. The maximum Gasteiger partial charge on any atom is 0.0711 e. The third-order valence-electron chi connectivity index (χ3n) is 9.85. The summed E-state index contributed by atoms with van der Waals surface area (Å²) >= 11 is 0. The molecule has 0 aliphatic rings. The van der Waals surface area contributed by atoms with E-state index in [-0.39, 0.29) is 0 Å². The molecule has 0 aromatic heterocycles. The average Bonchev–Trinajstić information content (AvgIpc) is 3.25. The van der Waals surface area contributed by atoms with Crippen LogP contribution in [0.4, 0.5) is 11.4 Å². The molecule has 8 aromatic carbocycles. The van der Waals surface area contributed by atoms with Crippen molar-refractivity contribution in [3.05, 3.63) is 229 Å². The zero-order chi connectivity index (χ0) is 38.1. The van der Waals surface area contributed by atoms with Crippen molar-refractivity contribution < 1.29 is 0 Å².